The number of nitrogens with zero attached hydrogens (tertiary/aromatic N) is 1. The molecule has 0 radical (unpaired) electrons. The molecule has 1 amide bonds. The third kappa shape index (κ3) is 5.41. The van der Waals surface area contributed by atoms with Gasteiger partial charge < -0.3 is 5.32 Å². The van der Waals surface area contributed by atoms with Gasteiger partial charge in [0.2, 0.25) is 5.91 Å². The van der Waals surface area contributed by atoms with Crippen LogP contribution in [0, 0.1) is 17.2 Å². The van der Waals surface area contributed by atoms with Crippen molar-refractivity contribution in [1.82, 2.24) is 5.32 Å². The maximum Gasteiger partial charge on any atom is 0.217 e. The van der Waals surface area contributed by atoms with E-state index in [4.69, 9.17) is 5.26 Å². The van der Waals surface area contributed by atoms with E-state index in [0.29, 0.717) is 5.92 Å². The molecule has 0 aliphatic rings. The lowest BCUT2D eigenvalue weighted by atomic mass is 10.1. The van der Waals surface area contributed by atoms with Crippen LogP contribution in [0.3, 0.4) is 0 Å². The van der Waals surface area contributed by atoms with Crippen molar-refractivity contribution < 1.29 is 4.79 Å². The molecule has 62 valence electrons. The molecule has 0 aromatic rings. The summed E-state index contributed by atoms with van der Waals surface area (Å²) in [6, 6.07) is 1.71. The van der Waals surface area contributed by atoms with E-state index in [0.717, 1.165) is 6.42 Å². The van der Waals surface area contributed by atoms with Crippen molar-refractivity contribution in [2.75, 3.05) is 0 Å². The van der Waals surface area contributed by atoms with Gasteiger partial charge in [-0.05, 0) is 12.3 Å². The fourth-order valence-corrected chi connectivity index (χ4v) is 0.861. The first-order valence-electron chi connectivity index (χ1n) is 3.73. The largest absolute Gasteiger partial charge is 0.341 e. The van der Waals surface area contributed by atoms with Crippen LogP contribution in [-0.4, -0.2) is 11.9 Å². The molecule has 0 fully saturated rings. The molecular formula is C8H14N2O. The van der Waals surface area contributed by atoms with Crippen molar-refractivity contribution in [1.29, 1.82) is 5.26 Å². The second kappa shape index (κ2) is 4.73. The summed E-state index contributed by atoms with van der Waals surface area (Å²) in [6.45, 7) is 5.46. The molecule has 11 heavy (non-hydrogen) atoms. The average Bonchev–Trinajstić information content (AvgIpc) is 1.84. The Labute approximate surface area is 67.4 Å². The Bertz CT molecular complexity index is 169. The summed E-state index contributed by atoms with van der Waals surface area (Å²) in [5.41, 5.74) is 0. The number of hydrogen-bond donors (Lipinski definition) is 1. The first kappa shape index (κ1) is 9.96. The van der Waals surface area contributed by atoms with Gasteiger partial charge in [0.15, 0.2) is 0 Å². The molecule has 0 aliphatic heterocycles. The SMILES string of the molecule is CC(=O)NC(C#N)CC(C)C. The summed E-state index contributed by atoms with van der Waals surface area (Å²) >= 11 is 0. The van der Waals surface area contributed by atoms with Crippen molar-refractivity contribution in [2.24, 2.45) is 5.92 Å². The van der Waals surface area contributed by atoms with Crippen molar-refractivity contribution in [2.45, 2.75) is 33.2 Å². The molecule has 3 nitrogen and oxygen atoms in total. The quantitative estimate of drug-likeness (QED) is 0.660. The normalized spacial score (nSPS) is 12.3. The van der Waals surface area contributed by atoms with Crippen LogP contribution in [0.25, 0.3) is 0 Å². The summed E-state index contributed by atoms with van der Waals surface area (Å²) < 4.78 is 0. The lowest BCUT2D eigenvalue weighted by molar-refractivity contribution is -0.119. The van der Waals surface area contributed by atoms with E-state index < -0.39 is 0 Å². The standard InChI is InChI=1S/C8H14N2O/c1-6(2)4-8(5-9)10-7(3)11/h6,8H,4H2,1-3H3,(H,10,11). The fourth-order valence-electron chi connectivity index (χ4n) is 0.861. The molecule has 0 bridgehead atoms. The first-order valence-corrected chi connectivity index (χ1v) is 3.73. The number of carbonyl (C=O) groups excluding carboxylic acids is 1. The molecule has 0 heterocycles. The molecule has 0 aromatic heterocycles. The maximum atomic E-state index is 10.5. The molecule has 1 N–H and O–H groups in total. The van der Waals surface area contributed by atoms with Crippen LogP contribution in [-0.2, 0) is 4.79 Å². The van der Waals surface area contributed by atoms with Crippen LogP contribution in [0.15, 0.2) is 0 Å². The van der Waals surface area contributed by atoms with Crippen molar-refractivity contribution >= 4 is 5.91 Å². The molecule has 1 atom stereocenters. The smallest absolute Gasteiger partial charge is 0.217 e. The minimum Gasteiger partial charge on any atom is -0.341 e. The van der Waals surface area contributed by atoms with Gasteiger partial charge in [-0.3, -0.25) is 4.79 Å². The van der Waals surface area contributed by atoms with E-state index in [9.17, 15) is 4.79 Å². The van der Waals surface area contributed by atoms with Crippen LogP contribution >= 0.6 is 0 Å². The van der Waals surface area contributed by atoms with Gasteiger partial charge in [-0.25, -0.2) is 0 Å². The van der Waals surface area contributed by atoms with E-state index in [-0.39, 0.29) is 11.9 Å². The zero-order chi connectivity index (χ0) is 8.85. The van der Waals surface area contributed by atoms with E-state index in [1.165, 1.54) is 6.92 Å². The molecule has 0 spiro atoms. The molecule has 0 rings (SSSR count). The van der Waals surface area contributed by atoms with E-state index in [1.807, 2.05) is 19.9 Å². The summed E-state index contributed by atoms with van der Waals surface area (Å²) in [7, 11) is 0. The third-order valence-corrected chi connectivity index (χ3v) is 1.24. The molecule has 0 saturated heterocycles. The lowest BCUT2D eigenvalue weighted by Gasteiger charge is -2.11. The Morgan fingerprint density at radius 3 is 2.45 bits per heavy atom. The van der Waals surface area contributed by atoms with Gasteiger partial charge in [-0.1, -0.05) is 13.8 Å². The minimum absolute atomic E-state index is 0.141. The van der Waals surface area contributed by atoms with Gasteiger partial charge >= 0.3 is 0 Å². The van der Waals surface area contributed by atoms with Gasteiger partial charge in [-0.15, -0.1) is 0 Å². The van der Waals surface area contributed by atoms with Gasteiger partial charge in [0.05, 0.1) is 6.07 Å². The number of rotatable bonds is 3. The maximum absolute atomic E-state index is 10.5. The highest BCUT2D eigenvalue weighted by Crippen LogP contribution is 2.03. The number of hydrogen-bond acceptors (Lipinski definition) is 2. The second-order valence-electron chi connectivity index (χ2n) is 3.01. The number of amides is 1. The Morgan fingerprint density at radius 2 is 2.18 bits per heavy atom. The summed E-state index contributed by atoms with van der Waals surface area (Å²) in [5.74, 6) is 0.295. The molecule has 0 saturated carbocycles. The van der Waals surface area contributed by atoms with Gasteiger partial charge in [-0.2, -0.15) is 5.26 Å². The Hall–Kier alpha value is -1.04. The molecule has 3 heteroatoms. The molecule has 1 unspecified atom stereocenters. The van der Waals surface area contributed by atoms with Gasteiger partial charge in [0.1, 0.15) is 6.04 Å². The highest BCUT2D eigenvalue weighted by Gasteiger charge is 2.09. The van der Waals surface area contributed by atoms with Crippen LogP contribution in [0.1, 0.15) is 27.2 Å². The third-order valence-electron chi connectivity index (χ3n) is 1.24. The summed E-state index contributed by atoms with van der Waals surface area (Å²) in [5, 5.41) is 11.1. The molecular weight excluding hydrogens is 140 g/mol. The number of nitriles is 1. The van der Waals surface area contributed by atoms with E-state index in [1.54, 1.807) is 0 Å². The summed E-state index contributed by atoms with van der Waals surface area (Å²) in [4.78, 5) is 10.5. The Balaban J connectivity index is 3.79. The fraction of sp³-hybridized carbons (Fsp3) is 0.750. The predicted octanol–water partition coefficient (Wildman–Crippen LogP) is 1.06. The lowest BCUT2D eigenvalue weighted by Crippen LogP contribution is -2.32. The summed E-state index contributed by atoms with van der Waals surface area (Å²) in [6.07, 6.45) is 0.718. The van der Waals surface area contributed by atoms with Crippen molar-refractivity contribution in [3.05, 3.63) is 0 Å². The highest BCUT2D eigenvalue weighted by atomic mass is 16.1. The molecule has 0 aromatic carbocycles. The predicted molar refractivity (Wildman–Crippen MR) is 42.7 cm³/mol. The van der Waals surface area contributed by atoms with Gasteiger partial charge in [0, 0.05) is 6.92 Å². The first-order chi connectivity index (χ1) is 5.06. The zero-order valence-corrected chi connectivity index (χ0v) is 7.22. The van der Waals surface area contributed by atoms with E-state index in [2.05, 4.69) is 5.32 Å². The topological polar surface area (TPSA) is 52.9 Å². The van der Waals surface area contributed by atoms with Crippen molar-refractivity contribution in [3.63, 3.8) is 0 Å². The van der Waals surface area contributed by atoms with Crippen molar-refractivity contribution in [3.8, 4) is 6.07 Å². The Kier molecular flexibility index (Phi) is 4.28. The Morgan fingerprint density at radius 1 is 1.64 bits per heavy atom. The van der Waals surface area contributed by atoms with Crippen LogP contribution in [0.5, 0.6) is 0 Å². The van der Waals surface area contributed by atoms with Gasteiger partial charge in [0.25, 0.3) is 0 Å². The van der Waals surface area contributed by atoms with Crippen LogP contribution in [0.4, 0.5) is 0 Å². The number of nitrogens with one attached hydrogen (secondary N) is 1. The number of carbonyl (C=O) groups is 1. The van der Waals surface area contributed by atoms with Crippen LogP contribution in [0.2, 0.25) is 0 Å². The average molecular weight is 154 g/mol. The van der Waals surface area contributed by atoms with Crippen LogP contribution < -0.4 is 5.32 Å². The highest BCUT2D eigenvalue weighted by molar-refractivity contribution is 5.73. The van der Waals surface area contributed by atoms with E-state index >= 15 is 0 Å². The molecule has 0 aliphatic carbocycles. The monoisotopic (exact) mass is 154 g/mol. The second-order valence-corrected chi connectivity index (χ2v) is 3.01. The minimum atomic E-state index is -0.326. The zero-order valence-electron chi connectivity index (χ0n) is 7.22.